The largest absolute Gasteiger partial charge is 0.394 e. The van der Waals surface area contributed by atoms with E-state index in [1.807, 2.05) is 6.08 Å². The van der Waals surface area contributed by atoms with Gasteiger partial charge in [-0.1, -0.05) is 281 Å². The smallest absolute Gasteiger partial charge is 0.220 e. The number of rotatable bonds is 58. The third-order valence-electron chi connectivity index (χ3n) is 18.7. The Kier molecular flexibility index (Phi) is 50.3. The zero-order chi connectivity index (χ0) is 66.8. The van der Waals surface area contributed by atoms with Gasteiger partial charge in [-0.3, -0.25) is 4.79 Å². The number of aliphatic hydroxyl groups is 11. The van der Waals surface area contributed by atoms with E-state index in [-0.39, 0.29) is 18.9 Å². The highest BCUT2D eigenvalue weighted by Gasteiger charge is 2.53. The minimum absolute atomic E-state index is 0.235. The molecule has 1 amide bonds. The first-order valence-corrected chi connectivity index (χ1v) is 37.2. The standard InChI is InChI=1S/C73H135NO18/c1-3-5-7-9-11-13-15-16-17-18-19-20-21-22-23-24-25-26-27-28-29-30-31-32-33-34-35-36-37-38-39-40-41-43-45-47-49-51-61(79)74-56(57(78)50-48-46-44-42-14-12-10-8-6-4-2)55-87-71-67(85)64(82)69(59(53-76)89-71)92-73-68(86)65(83)70(60(54-77)90-73)91-72-66(84)63(81)62(80)58(52-75)88-72/h6,8,14,42,48,50,56-60,62-73,75-78,80-86H,3-5,7,9-13,15-41,43-47,49,51-55H2,1-2H3,(H,74,79)/b8-6+,42-14+,50-48+. The van der Waals surface area contributed by atoms with Crippen molar-refractivity contribution in [2.45, 2.75) is 394 Å². The van der Waals surface area contributed by atoms with Gasteiger partial charge in [-0.05, 0) is 38.5 Å². The van der Waals surface area contributed by atoms with Crippen molar-refractivity contribution < 1.29 is 89.4 Å². The van der Waals surface area contributed by atoms with E-state index in [4.69, 9.17) is 28.4 Å². The van der Waals surface area contributed by atoms with Crippen molar-refractivity contribution in [2.24, 2.45) is 0 Å². The number of nitrogens with one attached hydrogen (secondary N) is 1. The highest BCUT2D eigenvalue weighted by molar-refractivity contribution is 5.76. The third kappa shape index (κ3) is 36.0. The van der Waals surface area contributed by atoms with Crippen LogP contribution in [0.15, 0.2) is 36.5 Å². The molecule has 3 aliphatic heterocycles. The first-order valence-electron chi connectivity index (χ1n) is 37.2. The number of ether oxygens (including phenoxy) is 6. The summed E-state index contributed by atoms with van der Waals surface area (Å²) in [6, 6.07) is -0.993. The van der Waals surface area contributed by atoms with E-state index in [1.54, 1.807) is 6.08 Å². The molecule has 0 saturated carbocycles. The van der Waals surface area contributed by atoms with Gasteiger partial charge >= 0.3 is 0 Å². The van der Waals surface area contributed by atoms with Crippen molar-refractivity contribution in [3.63, 3.8) is 0 Å². The predicted octanol–water partition coefficient (Wildman–Crippen LogP) is 10.8. The Morgan fingerprint density at radius 1 is 0.391 bits per heavy atom. The van der Waals surface area contributed by atoms with Crippen LogP contribution >= 0.6 is 0 Å². The molecule has 19 nitrogen and oxygen atoms in total. The molecular weight excluding hydrogens is 1180 g/mol. The first kappa shape index (κ1) is 84.2. The lowest BCUT2D eigenvalue weighted by molar-refractivity contribution is -0.379. The number of carbonyl (C=O) groups is 1. The molecule has 0 aromatic carbocycles. The summed E-state index contributed by atoms with van der Waals surface area (Å²) in [5, 5.41) is 120. The summed E-state index contributed by atoms with van der Waals surface area (Å²) in [7, 11) is 0. The number of unbranched alkanes of at least 4 members (excludes halogenated alkanes) is 38. The summed E-state index contributed by atoms with van der Waals surface area (Å²) >= 11 is 0. The van der Waals surface area contributed by atoms with Gasteiger partial charge in [-0.25, -0.2) is 0 Å². The van der Waals surface area contributed by atoms with Gasteiger partial charge in [0.2, 0.25) is 5.91 Å². The molecule has 0 bridgehead atoms. The van der Waals surface area contributed by atoms with E-state index >= 15 is 0 Å². The van der Waals surface area contributed by atoms with E-state index in [2.05, 4.69) is 43.5 Å². The molecular formula is C73H135NO18. The molecule has 3 heterocycles. The highest BCUT2D eigenvalue weighted by atomic mass is 16.8. The summed E-state index contributed by atoms with van der Waals surface area (Å²) in [6.45, 7) is 1.59. The lowest BCUT2D eigenvalue weighted by Crippen LogP contribution is -2.66. The van der Waals surface area contributed by atoms with Crippen LogP contribution in [-0.2, 0) is 33.2 Å². The maximum absolute atomic E-state index is 13.4. The van der Waals surface area contributed by atoms with Gasteiger partial charge in [0, 0.05) is 6.42 Å². The number of hydrogen-bond acceptors (Lipinski definition) is 18. The number of aliphatic hydroxyl groups excluding tert-OH is 11. The SMILES string of the molecule is CC/C=C/CC/C=C/CC/C=C/C(O)C(COC1OC(CO)C(OC2OC(CO)C(OC3OC(CO)C(O)C(O)C3O)C(O)C2O)C(O)C1O)NC(=O)CCCCCCCCCCCCCCCCCCCCCCCCCCCCCCCCCCCCCCC. The minimum Gasteiger partial charge on any atom is -0.394 e. The molecule has 17 unspecified atom stereocenters. The molecule has 540 valence electrons. The van der Waals surface area contributed by atoms with Crippen molar-refractivity contribution in [1.29, 1.82) is 0 Å². The molecule has 0 radical (unpaired) electrons. The Hall–Kier alpha value is -1.99. The lowest BCUT2D eigenvalue weighted by Gasteiger charge is -2.48. The topological polar surface area (TPSA) is 307 Å². The Bertz CT molecular complexity index is 1810. The van der Waals surface area contributed by atoms with Gasteiger partial charge < -0.3 is 89.9 Å². The second-order valence-corrected chi connectivity index (χ2v) is 26.7. The van der Waals surface area contributed by atoms with Crippen LogP contribution in [0.25, 0.3) is 0 Å². The molecule has 19 heteroatoms. The predicted molar refractivity (Wildman–Crippen MR) is 360 cm³/mol. The second kappa shape index (κ2) is 55.0. The van der Waals surface area contributed by atoms with Crippen molar-refractivity contribution in [1.82, 2.24) is 5.32 Å². The zero-order valence-electron chi connectivity index (χ0n) is 57.3. The monoisotopic (exact) mass is 1310 g/mol. The van der Waals surface area contributed by atoms with Gasteiger partial charge in [0.05, 0.1) is 38.6 Å². The Balaban J connectivity index is 1.28. The molecule has 17 atom stereocenters. The van der Waals surface area contributed by atoms with E-state index in [1.165, 1.54) is 212 Å². The summed E-state index contributed by atoms with van der Waals surface area (Å²) < 4.78 is 34.2. The molecule has 3 fully saturated rings. The molecule has 3 rings (SSSR count). The maximum atomic E-state index is 13.4. The van der Waals surface area contributed by atoms with Crippen LogP contribution in [-0.4, -0.2) is 193 Å². The van der Waals surface area contributed by atoms with Gasteiger partial charge in [0.1, 0.15) is 73.2 Å². The van der Waals surface area contributed by atoms with E-state index < -0.39 is 124 Å². The normalized spacial score (nSPS) is 27.9. The van der Waals surface area contributed by atoms with Crippen LogP contribution in [0.5, 0.6) is 0 Å². The Labute approximate surface area is 555 Å². The van der Waals surface area contributed by atoms with E-state index in [9.17, 15) is 61.0 Å². The number of amides is 1. The lowest BCUT2D eigenvalue weighted by atomic mass is 9.96. The van der Waals surface area contributed by atoms with Crippen molar-refractivity contribution in [3.8, 4) is 0 Å². The summed E-state index contributed by atoms with van der Waals surface area (Å²) in [5.41, 5.74) is 0. The van der Waals surface area contributed by atoms with E-state index in [0.29, 0.717) is 12.8 Å². The quantitative estimate of drug-likeness (QED) is 0.0199. The van der Waals surface area contributed by atoms with Crippen LogP contribution in [0, 0.1) is 0 Å². The van der Waals surface area contributed by atoms with Gasteiger partial charge in [0.15, 0.2) is 18.9 Å². The van der Waals surface area contributed by atoms with Gasteiger partial charge in [0.25, 0.3) is 0 Å². The Morgan fingerprint density at radius 2 is 0.707 bits per heavy atom. The maximum Gasteiger partial charge on any atom is 0.220 e. The third-order valence-corrected chi connectivity index (χ3v) is 18.7. The zero-order valence-corrected chi connectivity index (χ0v) is 57.3. The molecule has 3 aliphatic rings. The van der Waals surface area contributed by atoms with E-state index in [0.717, 1.165) is 44.9 Å². The number of allylic oxidation sites excluding steroid dienone is 5. The van der Waals surface area contributed by atoms with Crippen molar-refractivity contribution in [3.05, 3.63) is 36.5 Å². The average Bonchev–Trinajstić information content (AvgIpc) is 0.803. The molecule has 0 aliphatic carbocycles. The van der Waals surface area contributed by atoms with Crippen molar-refractivity contribution in [2.75, 3.05) is 26.4 Å². The minimum atomic E-state index is -1.98. The molecule has 92 heavy (non-hydrogen) atoms. The first-order chi connectivity index (χ1) is 44.8. The second-order valence-electron chi connectivity index (χ2n) is 26.7. The van der Waals surface area contributed by atoms with Crippen LogP contribution in [0.1, 0.15) is 290 Å². The van der Waals surface area contributed by atoms with Gasteiger partial charge in [-0.2, -0.15) is 0 Å². The van der Waals surface area contributed by atoms with Crippen molar-refractivity contribution >= 4 is 5.91 Å². The molecule has 0 aromatic rings. The van der Waals surface area contributed by atoms with Crippen LogP contribution < -0.4 is 5.32 Å². The fourth-order valence-corrected chi connectivity index (χ4v) is 12.7. The Morgan fingerprint density at radius 3 is 1.08 bits per heavy atom. The van der Waals surface area contributed by atoms with Gasteiger partial charge in [-0.15, -0.1) is 0 Å². The summed E-state index contributed by atoms with van der Waals surface area (Å²) in [6.07, 6.45) is 39.2. The van der Waals surface area contributed by atoms with Crippen LogP contribution in [0.4, 0.5) is 0 Å². The summed E-state index contributed by atoms with van der Waals surface area (Å²) in [4.78, 5) is 13.4. The van der Waals surface area contributed by atoms with Crippen LogP contribution in [0.2, 0.25) is 0 Å². The fraction of sp³-hybridized carbons (Fsp3) is 0.904. The fourth-order valence-electron chi connectivity index (χ4n) is 12.7. The number of hydrogen-bond donors (Lipinski definition) is 12. The molecule has 0 aromatic heterocycles. The molecule has 12 N–H and O–H groups in total. The average molecular weight is 1310 g/mol. The molecule has 0 spiro atoms. The highest BCUT2D eigenvalue weighted by Crippen LogP contribution is 2.33. The summed E-state index contributed by atoms with van der Waals surface area (Å²) in [5.74, 6) is -0.288. The van der Waals surface area contributed by atoms with Crippen LogP contribution in [0.3, 0.4) is 0 Å². The number of carbonyl (C=O) groups excluding carboxylic acids is 1. The molecule has 3 saturated heterocycles.